The molecule has 3 fully saturated rings. The predicted molar refractivity (Wildman–Crippen MR) is 62.7 cm³/mol. The smallest absolute Gasteiger partial charge is 0.317 e. The Labute approximate surface area is 101 Å². The second-order valence-electron chi connectivity index (χ2n) is 5.26. The molecule has 5 nitrogen and oxygen atoms in total. The van der Waals surface area contributed by atoms with E-state index in [1.807, 2.05) is 4.90 Å². The largest absolute Gasteiger partial charge is 0.336 e. The number of piperazine rings is 1. The Morgan fingerprint density at radius 1 is 1.18 bits per heavy atom. The van der Waals surface area contributed by atoms with E-state index in [1.165, 1.54) is 6.42 Å². The van der Waals surface area contributed by atoms with Gasteiger partial charge in [0.2, 0.25) is 0 Å². The number of carbonyl (C=O) groups is 2. The molecule has 0 aromatic carbocycles. The van der Waals surface area contributed by atoms with Crippen molar-refractivity contribution in [1.29, 1.82) is 0 Å². The van der Waals surface area contributed by atoms with E-state index in [4.69, 9.17) is 0 Å². The Balaban J connectivity index is 1.66. The molecule has 3 rings (SSSR count). The van der Waals surface area contributed by atoms with Crippen LogP contribution in [0.5, 0.6) is 0 Å². The van der Waals surface area contributed by atoms with E-state index in [9.17, 15) is 9.59 Å². The number of hydrogen-bond acceptors (Lipinski definition) is 3. The molecule has 0 aromatic rings. The number of hydrogen-bond donors (Lipinski definition) is 1. The lowest BCUT2D eigenvalue weighted by Crippen LogP contribution is -2.57. The Hall–Kier alpha value is -1.10. The predicted octanol–water partition coefficient (Wildman–Crippen LogP) is 0.208. The molecule has 3 aliphatic rings. The zero-order valence-electron chi connectivity index (χ0n) is 10.0. The fraction of sp³-hybridized carbons (Fsp3) is 0.833. The second kappa shape index (κ2) is 4.29. The summed E-state index contributed by atoms with van der Waals surface area (Å²) in [6.07, 6.45) is 3.97. The fourth-order valence-corrected chi connectivity index (χ4v) is 3.26. The van der Waals surface area contributed by atoms with Crippen molar-refractivity contribution in [2.45, 2.75) is 37.8 Å². The first-order chi connectivity index (χ1) is 8.25. The molecule has 0 bridgehead atoms. The van der Waals surface area contributed by atoms with Gasteiger partial charge in [0.15, 0.2) is 0 Å². The summed E-state index contributed by atoms with van der Waals surface area (Å²) in [5, 5.41) is 2.87. The van der Waals surface area contributed by atoms with Crippen molar-refractivity contribution in [3.63, 3.8) is 0 Å². The highest BCUT2D eigenvalue weighted by Gasteiger charge is 2.39. The molecule has 1 N–H and O–H groups in total. The zero-order valence-corrected chi connectivity index (χ0v) is 10.0. The van der Waals surface area contributed by atoms with Gasteiger partial charge in [-0.2, -0.15) is 0 Å². The van der Waals surface area contributed by atoms with Crippen molar-refractivity contribution in [3.8, 4) is 0 Å². The van der Waals surface area contributed by atoms with E-state index >= 15 is 0 Å². The lowest BCUT2D eigenvalue weighted by atomic mass is 9.92. The van der Waals surface area contributed by atoms with Gasteiger partial charge < -0.3 is 10.2 Å². The summed E-state index contributed by atoms with van der Waals surface area (Å²) in [5.74, 6) is 0.405. The maximum atomic E-state index is 11.9. The van der Waals surface area contributed by atoms with Crippen LogP contribution in [-0.4, -0.2) is 59.9 Å². The van der Waals surface area contributed by atoms with E-state index in [-0.39, 0.29) is 18.1 Å². The number of fused-ring (bicyclic) bond motifs is 1. The SMILES string of the molecule is O=C1CCCCC1N1CCN2C(=O)NCC2C1. The number of carbonyl (C=O) groups excluding carboxylic acids is 2. The minimum absolute atomic E-state index is 0.0598. The van der Waals surface area contributed by atoms with Gasteiger partial charge >= 0.3 is 6.03 Å². The molecule has 1 saturated carbocycles. The third kappa shape index (κ3) is 1.92. The molecule has 0 spiro atoms. The van der Waals surface area contributed by atoms with Crippen molar-refractivity contribution in [3.05, 3.63) is 0 Å². The summed E-state index contributed by atoms with van der Waals surface area (Å²) in [4.78, 5) is 27.6. The summed E-state index contributed by atoms with van der Waals surface area (Å²) in [7, 11) is 0. The summed E-state index contributed by atoms with van der Waals surface area (Å²) < 4.78 is 0. The van der Waals surface area contributed by atoms with E-state index in [1.54, 1.807) is 0 Å². The van der Waals surface area contributed by atoms with Crippen LogP contribution < -0.4 is 5.32 Å². The molecular weight excluding hydrogens is 218 g/mol. The first-order valence-electron chi connectivity index (χ1n) is 6.57. The van der Waals surface area contributed by atoms with Crippen molar-refractivity contribution in [1.82, 2.24) is 15.1 Å². The summed E-state index contributed by atoms with van der Waals surface area (Å²) in [6, 6.07) is 0.456. The third-order valence-electron chi connectivity index (χ3n) is 4.23. The molecule has 94 valence electrons. The summed E-state index contributed by atoms with van der Waals surface area (Å²) in [5.41, 5.74) is 0. The number of nitrogens with zero attached hydrogens (tertiary/aromatic N) is 2. The quantitative estimate of drug-likeness (QED) is 0.709. The monoisotopic (exact) mass is 237 g/mol. The highest BCUT2D eigenvalue weighted by Crippen LogP contribution is 2.23. The number of nitrogens with one attached hydrogen (secondary N) is 1. The topological polar surface area (TPSA) is 52.7 Å². The Bertz CT molecular complexity index is 345. The molecule has 2 atom stereocenters. The maximum absolute atomic E-state index is 11.9. The van der Waals surface area contributed by atoms with Crippen LogP contribution in [0.4, 0.5) is 4.79 Å². The normalized spacial score (nSPS) is 34.7. The van der Waals surface area contributed by atoms with Crippen LogP contribution in [-0.2, 0) is 4.79 Å². The first-order valence-corrected chi connectivity index (χ1v) is 6.57. The van der Waals surface area contributed by atoms with E-state index in [0.717, 1.165) is 45.4 Å². The van der Waals surface area contributed by atoms with Gasteiger partial charge in [0.25, 0.3) is 0 Å². The molecule has 0 radical (unpaired) electrons. The van der Waals surface area contributed by atoms with Crippen LogP contribution in [0, 0.1) is 0 Å². The average molecular weight is 237 g/mol. The van der Waals surface area contributed by atoms with Gasteiger partial charge in [-0.25, -0.2) is 4.79 Å². The minimum Gasteiger partial charge on any atom is -0.336 e. The second-order valence-corrected chi connectivity index (χ2v) is 5.26. The van der Waals surface area contributed by atoms with Gasteiger partial charge in [0.1, 0.15) is 5.78 Å². The van der Waals surface area contributed by atoms with E-state index in [0.29, 0.717) is 5.78 Å². The third-order valence-corrected chi connectivity index (χ3v) is 4.23. The summed E-state index contributed by atoms with van der Waals surface area (Å²) in [6.45, 7) is 3.20. The lowest BCUT2D eigenvalue weighted by molar-refractivity contribution is -0.127. The number of Topliss-reactive ketones (excluding diaryl/α,β-unsaturated/α-hetero) is 1. The molecule has 2 amide bonds. The first kappa shape index (κ1) is 11.0. The molecule has 0 aromatic heterocycles. The van der Waals surface area contributed by atoms with Crippen molar-refractivity contribution in [2.24, 2.45) is 0 Å². The van der Waals surface area contributed by atoms with Crippen molar-refractivity contribution < 1.29 is 9.59 Å². The van der Waals surface area contributed by atoms with E-state index in [2.05, 4.69) is 10.2 Å². The Kier molecular flexibility index (Phi) is 2.78. The van der Waals surface area contributed by atoms with Gasteiger partial charge in [-0.1, -0.05) is 6.42 Å². The van der Waals surface area contributed by atoms with Crippen molar-refractivity contribution in [2.75, 3.05) is 26.2 Å². The summed E-state index contributed by atoms with van der Waals surface area (Å²) >= 11 is 0. The van der Waals surface area contributed by atoms with Crippen LogP contribution in [0.15, 0.2) is 0 Å². The number of urea groups is 1. The molecule has 2 saturated heterocycles. The fourth-order valence-electron chi connectivity index (χ4n) is 3.26. The lowest BCUT2D eigenvalue weighted by Gasteiger charge is -2.41. The van der Waals surface area contributed by atoms with Crippen LogP contribution >= 0.6 is 0 Å². The minimum atomic E-state index is 0.0598. The highest BCUT2D eigenvalue weighted by molar-refractivity contribution is 5.84. The van der Waals surface area contributed by atoms with Crippen molar-refractivity contribution >= 4 is 11.8 Å². The average Bonchev–Trinajstić information content (AvgIpc) is 2.71. The number of rotatable bonds is 1. The number of ketones is 1. The van der Waals surface area contributed by atoms with Crippen LogP contribution in [0.1, 0.15) is 25.7 Å². The van der Waals surface area contributed by atoms with E-state index < -0.39 is 0 Å². The van der Waals surface area contributed by atoms with Gasteiger partial charge in [0.05, 0.1) is 12.1 Å². The van der Waals surface area contributed by atoms with Gasteiger partial charge in [-0.05, 0) is 12.8 Å². The van der Waals surface area contributed by atoms with Crippen LogP contribution in [0.25, 0.3) is 0 Å². The Morgan fingerprint density at radius 3 is 2.88 bits per heavy atom. The van der Waals surface area contributed by atoms with Gasteiger partial charge in [-0.15, -0.1) is 0 Å². The standard InChI is InChI=1S/C12H19N3O2/c16-11-4-2-1-3-10(11)14-5-6-15-9(8-14)7-13-12(15)17/h9-10H,1-8H2,(H,13,17). The molecule has 2 aliphatic heterocycles. The molecule has 2 heterocycles. The highest BCUT2D eigenvalue weighted by atomic mass is 16.2. The number of amides is 2. The van der Waals surface area contributed by atoms with Crippen LogP contribution in [0.3, 0.4) is 0 Å². The Morgan fingerprint density at radius 2 is 2.06 bits per heavy atom. The maximum Gasteiger partial charge on any atom is 0.317 e. The molecule has 17 heavy (non-hydrogen) atoms. The zero-order chi connectivity index (χ0) is 11.8. The molecule has 2 unspecified atom stereocenters. The molecular formula is C12H19N3O2. The van der Waals surface area contributed by atoms with Gasteiger partial charge in [0, 0.05) is 32.6 Å². The van der Waals surface area contributed by atoms with Gasteiger partial charge in [-0.3, -0.25) is 9.69 Å². The molecule has 1 aliphatic carbocycles. The van der Waals surface area contributed by atoms with Crippen LogP contribution in [0.2, 0.25) is 0 Å². The molecule has 5 heteroatoms.